The maximum Gasteiger partial charge on any atom is 0.338 e. The zero-order valence-electron chi connectivity index (χ0n) is 24.2. The molecule has 1 atom stereocenters. The highest BCUT2D eigenvalue weighted by Gasteiger charge is 2.35. The van der Waals surface area contributed by atoms with E-state index in [0.717, 1.165) is 11.8 Å². The summed E-state index contributed by atoms with van der Waals surface area (Å²) in [6, 6.07) is 5.74. The molecule has 0 bridgehead atoms. The molecule has 44 heavy (non-hydrogen) atoms. The second-order valence-corrected chi connectivity index (χ2v) is 13.0. The Morgan fingerprint density at radius 2 is 1.91 bits per heavy atom. The van der Waals surface area contributed by atoms with E-state index in [1.807, 2.05) is 6.92 Å². The van der Waals surface area contributed by atoms with Gasteiger partial charge >= 0.3 is 5.97 Å². The molecule has 0 saturated carbocycles. The Hall–Kier alpha value is -3.40. The van der Waals surface area contributed by atoms with Crippen LogP contribution in [0.15, 0.2) is 73.7 Å². The minimum absolute atomic E-state index is 0.153. The molecule has 4 heterocycles. The number of furan rings is 1. The molecule has 15 heteroatoms. The van der Waals surface area contributed by atoms with E-state index in [9.17, 15) is 14.4 Å². The minimum Gasteiger partial charge on any atom is -0.493 e. The summed E-state index contributed by atoms with van der Waals surface area (Å²) in [5.74, 6) is 0.772. The number of rotatable bonds is 9. The molecule has 0 fully saturated rings. The summed E-state index contributed by atoms with van der Waals surface area (Å²) >= 11 is 9.41. The highest BCUT2D eigenvalue weighted by Crippen LogP contribution is 2.41. The van der Waals surface area contributed by atoms with Crippen LogP contribution in [-0.4, -0.2) is 40.8 Å². The van der Waals surface area contributed by atoms with Crippen molar-refractivity contribution in [2.45, 2.75) is 44.0 Å². The van der Waals surface area contributed by atoms with Crippen molar-refractivity contribution >= 4 is 67.0 Å². The summed E-state index contributed by atoms with van der Waals surface area (Å²) in [6.45, 7) is 7.55. The Balaban J connectivity index is 1.65. The molecule has 0 amide bonds. The number of carbonyl (C=O) groups is 1. The van der Waals surface area contributed by atoms with E-state index < -0.39 is 12.0 Å². The van der Waals surface area contributed by atoms with Gasteiger partial charge in [0.2, 0.25) is 0 Å². The number of allylic oxidation sites excluding steroid dienone is 1. The van der Waals surface area contributed by atoms with Gasteiger partial charge in [-0.05, 0) is 79.1 Å². The Morgan fingerprint density at radius 3 is 2.59 bits per heavy atom. The molecule has 4 aromatic rings. The molecule has 1 N–H and O–H groups in total. The second-order valence-electron chi connectivity index (χ2n) is 9.34. The van der Waals surface area contributed by atoms with Crippen LogP contribution in [0, 0.1) is 6.92 Å². The van der Waals surface area contributed by atoms with Gasteiger partial charge in [0.05, 0.1) is 46.6 Å². The number of esters is 1. The predicted octanol–water partition coefficient (Wildman–Crippen LogP) is 4.87. The van der Waals surface area contributed by atoms with Crippen LogP contribution in [-0.2, 0) is 9.53 Å². The van der Waals surface area contributed by atoms with Gasteiger partial charge in [-0.3, -0.25) is 14.2 Å². The van der Waals surface area contributed by atoms with E-state index in [-0.39, 0.29) is 23.3 Å². The lowest BCUT2D eigenvalue weighted by Gasteiger charge is -2.26. The normalized spacial score (nSPS) is 14.8. The van der Waals surface area contributed by atoms with E-state index in [1.54, 1.807) is 45.0 Å². The lowest BCUT2D eigenvalue weighted by molar-refractivity contribution is -0.139. The monoisotopic (exact) mass is 764 g/mol. The Morgan fingerprint density at radius 1 is 1.14 bits per heavy atom. The molecule has 0 saturated heterocycles. The molecule has 1 aliphatic heterocycles. The van der Waals surface area contributed by atoms with Gasteiger partial charge in [-0.2, -0.15) is 0 Å². The highest BCUT2D eigenvalue weighted by atomic mass is 79.9. The van der Waals surface area contributed by atoms with E-state index in [1.165, 1.54) is 29.1 Å². The van der Waals surface area contributed by atoms with Gasteiger partial charge in [0, 0.05) is 22.3 Å². The molecule has 11 nitrogen and oxygen atoms in total. The predicted molar refractivity (Wildman–Crippen MR) is 172 cm³/mol. The first-order valence-electron chi connectivity index (χ1n) is 13.3. The summed E-state index contributed by atoms with van der Waals surface area (Å²) in [5.41, 5.74) is 1.19. The van der Waals surface area contributed by atoms with E-state index in [4.69, 9.17) is 18.6 Å². The number of carbonyl (C=O) groups excluding carboxylic acids is 1. The first-order chi connectivity index (χ1) is 21.0. The number of thiazole rings is 1. The first kappa shape index (κ1) is 32.0. The second kappa shape index (κ2) is 13.3. The largest absolute Gasteiger partial charge is 0.493 e. The molecular formula is C29H26Br2N4O7S2. The topological polar surface area (TPSA) is 138 Å². The number of nitrogens with zero attached hydrogens (tertiary/aromatic N) is 3. The van der Waals surface area contributed by atoms with Crippen LogP contribution in [0.3, 0.4) is 0 Å². The van der Waals surface area contributed by atoms with Crippen molar-refractivity contribution in [2.24, 2.45) is 4.99 Å². The number of fused-ring (bicyclic) bond motifs is 1. The van der Waals surface area contributed by atoms with Gasteiger partial charge in [0.25, 0.3) is 11.1 Å². The number of halogens is 2. The molecule has 0 spiro atoms. The van der Waals surface area contributed by atoms with Crippen molar-refractivity contribution < 1.29 is 23.4 Å². The zero-order chi connectivity index (χ0) is 31.7. The molecule has 1 aromatic carbocycles. The number of H-pyrrole nitrogens is 1. The van der Waals surface area contributed by atoms with Gasteiger partial charge in [0.15, 0.2) is 26.5 Å². The average molecular weight is 766 g/mol. The van der Waals surface area contributed by atoms with Crippen LogP contribution in [0.5, 0.6) is 11.5 Å². The number of aromatic amines is 1. The molecular weight excluding hydrogens is 740 g/mol. The Labute approximate surface area is 275 Å². The minimum atomic E-state index is -0.870. The SMILES string of the molecule is CCOC(=O)C1=C(C)N=c2s/c(=C/c3cc(Br)c(Sc4nc(C)cc(=O)[nH]4)o3)c(=O)n2[C@@H]1c1cc(OCC)c(OC)cc1Br. The van der Waals surface area contributed by atoms with Crippen molar-refractivity contribution in [3.63, 3.8) is 0 Å². The first-order valence-corrected chi connectivity index (χ1v) is 16.5. The molecule has 5 rings (SSSR count). The summed E-state index contributed by atoms with van der Waals surface area (Å²) in [5, 5.41) is 0.816. The maximum atomic E-state index is 14.1. The van der Waals surface area contributed by atoms with Crippen LogP contribution >= 0.6 is 55.0 Å². The van der Waals surface area contributed by atoms with E-state index in [2.05, 4.69) is 46.8 Å². The number of hydrogen-bond acceptors (Lipinski definition) is 11. The number of aryl methyl sites for hydroxylation is 1. The standard InChI is InChI=1S/C29H26Br2N4O7S2/c1-6-40-20-11-16(17(30)12-19(20)39-5)24-23(26(38)41-7-2)14(4)33-29-35(24)25(37)21(43-29)10-15-9-18(31)27(42-15)44-28-32-13(3)8-22(36)34-28/h8-12,24H,6-7H2,1-5H3,(H,32,34,36)/b21-10+/t24-/m1/s1. The van der Waals surface area contributed by atoms with Crippen LogP contribution in [0.1, 0.15) is 43.8 Å². The Bertz CT molecular complexity index is 2040. The maximum absolute atomic E-state index is 14.1. The molecule has 1 aliphatic rings. The number of hydrogen-bond donors (Lipinski definition) is 1. The highest BCUT2D eigenvalue weighted by molar-refractivity contribution is 9.10. The smallest absolute Gasteiger partial charge is 0.338 e. The van der Waals surface area contributed by atoms with Crippen LogP contribution in [0.4, 0.5) is 0 Å². The number of ether oxygens (including phenoxy) is 3. The van der Waals surface area contributed by atoms with Gasteiger partial charge < -0.3 is 23.6 Å². The van der Waals surface area contributed by atoms with Crippen molar-refractivity contribution in [3.8, 4) is 11.5 Å². The summed E-state index contributed by atoms with van der Waals surface area (Å²) in [6.07, 6.45) is 1.61. The third-order valence-electron chi connectivity index (χ3n) is 6.38. The fraction of sp³-hybridized carbons (Fsp3) is 0.276. The number of methoxy groups -OCH3 is 1. The fourth-order valence-electron chi connectivity index (χ4n) is 4.60. The van der Waals surface area contributed by atoms with Crippen LogP contribution in [0.2, 0.25) is 0 Å². The summed E-state index contributed by atoms with van der Waals surface area (Å²) < 4.78 is 25.8. The lowest BCUT2D eigenvalue weighted by atomic mass is 9.95. The van der Waals surface area contributed by atoms with Crippen molar-refractivity contribution in [2.75, 3.05) is 20.3 Å². The van der Waals surface area contributed by atoms with Gasteiger partial charge in [-0.25, -0.2) is 14.8 Å². The molecule has 0 aliphatic carbocycles. The molecule has 0 radical (unpaired) electrons. The number of nitrogens with one attached hydrogen (secondary N) is 1. The van der Waals surface area contributed by atoms with Gasteiger partial charge in [-0.15, -0.1) is 0 Å². The zero-order valence-corrected chi connectivity index (χ0v) is 29.0. The molecule has 0 unspecified atom stereocenters. The summed E-state index contributed by atoms with van der Waals surface area (Å²) in [4.78, 5) is 51.3. The fourth-order valence-corrected chi connectivity index (χ4v) is 7.53. The van der Waals surface area contributed by atoms with Crippen LogP contribution in [0.25, 0.3) is 6.08 Å². The van der Waals surface area contributed by atoms with Gasteiger partial charge in [0.1, 0.15) is 5.76 Å². The third kappa shape index (κ3) is 6.36. The summed E-state index contributed by atoms with van der Waals surface area (Å²) in [7, 11) is 1.54. The molecule has 3 aromatic heterocycles. The van der Waals surface area contributed by atoms with Crippen molar-refractivity contribution in [3.05, 3.63) is 91.5 Å². The average Bonchev–Trinajstić information content (AvgIpc) is 3.45. The third-order valence-corrected chi connectivity index (χ3v) is 9.78. The van der Waals surface area contributed by atoms with Crippen molar-refractivity contribution in [1.29, 1.82) is 0 Å². The van der Waals surface area contributed by atoms with E-state index in [0.29, 0.717) is 69.3 Å². The van der Waals surface area contributed by atoms with Gasteiger partial charge in [-0.1, -0.05) is 27.3 Å². The Kier molecular flexibility index (Phi) is 9.68. The van der Waals surface area contributed by atoms with Crippen molar-refractivity contribution in [1.82, 2.24) is 14.5 Å². The number of benzene rings is 1. The number of aromatic nitrogens is 3. The quantitative estimate of drug-likeness (QED) is 0.187. The lowest BCUT2D eigenvalue weighted by Crippen LogP contribution is -2.40. The van der Waals surface area contributed by atoms with Crippen LogP contribution < -0.4 is 29.9 Å². The molecule has 230 valence electrons. The van der Waals surface area contributed by atoms with E-state index >= 15 is 0 Å².